The van der Waals surface area contributed by atoms with E-state index in [9.17, 15) is 9.18 Å². The molecule has 0 radical (unpaired) electrons. The van der Waals surface area contributed by atoms with Crippen molar-refractivity contribution in [3.8, 4) is 11.4 Å². The van der Waals surface area contributed by atoms with E-state index in [0.717, 1.165) is 11.3 Å². The first kappa shape index (κ1) is 16.6. The Morgan fingerprint density at radius 1 is 1.28 bits per heavy atom. The number of amides is 1. The molecule has 0 fully saturated rings. The molecule has 2 aromatic carbocycles. The van der Waals surface area contributed by atoms with Gasteiger partial charge >= 0.3 is 0 Å². The predicted molar refractivity (Wildman–Crippen MR) is 89.7 cm³/mol. The number of carbonyl (C=O) groups excluding carboxylic acids is 1. The minimum Gasteiger partial charge on any atom is -0.481 e. The molecule has 0 saturated carbocycles. The summed E-state index contributed by atoms with van der Waals surface area (Å²) in [5, 5.41) is 6.85. The van der Waals surface area contributed by atoms with Crippen molar-refractivity contribution in [2.24, 2.45) is 0 Å². The molecular weight excluding hydrogens is 323 g/mol. The highest BCUT2D eigenvalue weighted by molar-refractivity contribution is 5.80. The van der Waals surface area contributed by atoms with E-state index in [1.807, 2.05) is 24.3 Å². The van der Waals surface area contributed by atoms with Gasteiger partial charge in [0.2, 0.25) is 0 Å². The molecule has 0 aliphatic carbocycles. The summed E-state index contributed by atoms with van der Waals surface area (Å²) in [6.07, 6.45) is 2.35. The van der Waals surface area contributed by atoms with E-state index >= 15 is 0 Å². The minimum atomic E-state index is -0.726. The maximum atomic E-state index is 13.1. The number of hydrogen-bond acceptors (Lipinski definition) is 4. The van der Waals surface area contributed by atoms with Gasteiger partial charge in [0.05, 0.1) is 5.69 Å². The normalized spacial score (nSPS) is 11.8. The van der Waals surface area contributed by atoms with Crippen molar-refractivity contribution < 1.29 is 13.9 Å². The van der Waals surface area contributed by atoms with Gasteiger partial charge in [-0.1, -0.05) is 18.2 Å². The van der Waals surface area contributed by atoms with Crippen LogP contribution < -0.4 is 10.1 Å². The fourth-order valence-electron chi connectivity index (χ4n) is 2.24. The van der Waals surface area contributed by atoms with Gasteiger partial charge in [-0.2, -0.15) is 5.10 Å². The van der Waals surface area contributed by atoms with E-state index in [-0.39, 0.29) is 5.91 Å². The number of halogens is 1. The Morgan fingerprint density at radius 2 is 2.08 bits per heavy atom. The number of carbonyl (C=O) groups is 1. The van der Waals surface area contributed by atoms with E-state index in [4.69, 9.17) is 4.74 Å². The van der Waals surface area contributed by atoms with Gasteiger partial charge in [-0.3, -0.25) is 4.79 Å². The summed E-state index contributed by atoms with van der Waals surface area (Å²) in [5.74, 6) is -0.359. The lowest BCUT2D eigenvalue weighted by molar-refractivity contribution is -0.127. The molecule has 0 spiro atoms. The van der Waals surface area contributed by atoms with Crippen molar-refractivity contribution in [2.45, 2.75) is 19.6 Å². The van der Waals surface area contributed by atoms with Crippen molar-refractivity contribution in [1.82, 2.24) is 20.1 Å². The summed E-state index contributed by atoms with van der Waals surface area (Å²) in [7, 11) is 0. The van der Waals surface area contributed by atoms with E-state index in [1.54, 1.807) is 24.0 Å². The van der Waals surface area contributed by atoms with E-state index in [2.05, 4.69) is 15.4 Å². The average molecular weight is 340 g/mol. The molecule has 1 heterocycles. The first-order valence-corrected chi connectivity index (χ1v) is 7.76. The molecule has 0 aliphatic heterocycles. The van der Waals surface area contributed by atoms with Crippen LogP contribution in [0.4, 0.5) is 4.39 Å². The zero-order valence-corrected chi connectivity index (χ0v) is 13.6. The van der Waals surface area contributed by atoms with E-state index in [0.29, 0.717) is 12.3 Å². The van der Waals surface area contributed by atoms with Crippen molar-refractivity contribution in [3.63, 3.8) is 0 Å². The quantitative estimate of drug-likeness (QED) is 0.748. The average Bonchev–Trinajstić information content (AvgIpc) is 3.14. The fraction of sp³-hybridized carbons (Fsp3) is 0.167. The Labute approximate surface area is 144 Å². The summed E-state index contributed by atoms with van der Waals surface area (Å²) in [4.78, 5) is 16.0. The van der Waals surface area contributed by atoms with Crippen LogP contribution in [-0.4, -0.2) is 26.8 Å². The maximum absolute atomic E-state index is 13.1. The van der Waals surface area contributed by atoms with Gasteiger partial charge in [-0.15, -0.1) is 0 Å². The fourth-order valence-corrected chi connectivity index (χ4v) is 2.24. The van der Waals surface area contributed by atoms with E-state index < -0.39 is 11.9 Å². The summed E-state index contributed by atoms with van der Waals surface area (Å²) < 4.78 is 20.2. The Hall–Kier alpha value is -3.22. The molecule has 6 nitrogen and oxygen atoms in total. The van der Waals surface area contributed by atoms with Crippen molar-refractivity contribution in [1.29, 1.82) is 0 Å². The topological polar surface area (TPSA) is 69.0 Å². The third kappa shape index (κ3) is 4.41. The minimum absolute atomic E-state index is 0.274. The van der Waals surface area contributed by atoms with Gasteiger partial charge in [0, 0.05) is 12.6 Å². The third-order valence-electron chi connectivity index (χ3n) is 3.56. The summed E-state index contributed by atoms with van der Waals surface area (Å²) in [6.45, 7) is 1.99. The molecule has 1 unspecified atom stereocenters. The van der Waals surface area contributed by atoms with Crippen LogP contribution in [0, 0.1) is 5.82 Å². The molecule has 1 amide bonds. The van der Waals surface area contributed by atoms with Crippen molar-refractivity contribution in [2.75, 3.05) is 0 Å². The molecule has 0 bridgehead atoms. The van der Waals surface area contributed by atoms with Crippen molar-refractivity contribution >= 4 is 5.91 Å². The van der Waals surface area contributed by atoms with Crippen LogP contribution in [0.5, 0.6) is 5.75 Å². The van der Waals surface area contributed by atoms with Crippen LogP contribution in [0.25, 0.3) is 5.69 Å². The van der Waals surface area contributed by atoms with E-state index in [1.165, 1.54) is 24.5 Å². The summed E-state index contributed by atoms with van der Waals surface area (Å²) in [6, 6.07) is 13.3. The highest BCUT2D eigenvalue weighted by Gasteiger charge is 2.14. The first-order valence-electron chi connectivity index (χ1n) is 7.76. The van der Waals surface area contributed by atoms with Gasteiger partial charge in [0.1, 0.15) is 24.2 Å². The molecule has 0 aliphatic rings. The Kier molecular flexibility index (Phi) is 5.03. The first-order chi connectivity index (χ1) is 12.1. The highest BCUT2D eigenvalue weighted by atomic mass is 19.1. The number of ether oxygens (including phenoxy) is 1. The van der Waals surface area contributed by atoms with Crippen molar-refractivity contribution in [3.05, 3.63) is 72.6 Å². The lowest BCUT2D eigenvalue weighted by Crippen LogP contribution is -2.35. The van der Waals surface area contributed by atoms with Crippen LogP contribution in [0.15, 0.2) is 61.2 Å². The van der Waals surface area contributed by atoms with Crippen LogP contribution in [0.3, 0.4) is 0 Å². The molecule has 1 atom stereocenters. The lowest BCUT2D eigenvalue weighted by atomic mass is 10.2. The molecule has 25 heavy (non-hydrogen) atoms. The van der Waals surface area contributed by atoms with Gasteiger partial charge in [-0.05, 0) is 36.8 Å². The SMILES string of the molecule is CC(Oc1cccc(F)c1)C(=O)NCc1ccc(-n2cncn2)cc1. The lowest BCUT2D eigenvalue weighted by Gasteiger charge is -2.15. The van der Waals surface area contributed by atoms with Gasteiger partial charge in [0.25, 0.3) is 5.91 Å². The number of aromatic nitrogens is 3. The second-order valence-corrected chi connectivity index (χ2v) is 5.44. The Bertz CT molecular complexity index is 835. The third-order valence-corrected chi connectivity index (χ3v) is 3.56. The molecule has 7 heteroatoms. The number of benzene rings is 2. The molecule has 3 rings (SSSR count). The van der Waals surface area contributed by atoms with Gasteiger partial charge in [0.15, 0.2) is 6.10 Å². The van der Waals surface area contributed by atoms with Gasteiger partial charge < -0.3 is 10.1 Å². The number of rotatable bonds is 6. The number of nitrogens with one attached hydrogen (secondary N) is 1. The van der Waals surface area contributed by atoms with Crippen LogP contribution in [0.1, 0.15) is 12.5 Å². The molecule has 1 aromatic heterocycles. The van der Waals surface area contributed by atoms with Gasteiger partial charge in [-0.25, -0.2) is 14.1 Å². The summed E-state index contributed by atoms with van der Waals surface area (Å²) >= 11 is 0. The highest BCUT2D eigenvalue weighted by Crippen LogP contribution is 2.14. The maximum Gasteiger partial charge on any atom is 0.261 e. The number of hydrogen-bond donors (Lipinski definition) is 1. The zero-order chi connectivity index (χ0) is 17.6. The van der Waals surface area contributed by atoms with Crippen LogP contribution in [0.2, 0.25) is 0 Å². The molecule has 3 aromatic rings. The predicted octanol–water partition coefficient (Wildman–Crippen LogP) is 2.49. The molecule has 1 N–H and O–H groups in total. The van der Waals surface area contributed by atoms with Crippen LogP contribution >= 0.6 is 0 Å². The molecule has 0 saturated heterocycles. The largest absolute Gasteiger partial charge is 0.481 e. The smallest absolute Gasteiger partial charge is 0.261 e. The second kappa shape index (κ2) is 7.57. The zero-order valence-electron chi connectivity index (χ0n) is 13.6. The Balaban J connectivity index is 1.53. The molecular formula is C18H17FN4O2. The summed E-state index contributed by atoms with van der Waals surface area (Å²) in [5.41, 5.74) is 1.82. The Morgan fingerprint density at radius 3 is 2.76 bits per heavy atom. The van der Waals surface area contributed by atoms with Crippen LogP contribution in [-0.2, 0) is 11.3 Å². The number of nitrogens with zero attached hydrogens (tertiary/aromatic N) is 3. The molecule has 128 valence electrons. The standard InChI is InChI=1S/C18H17FN4O2/c1-13(25-17-4-2-3-15(19)9-17)18(24)21-10-14-5-7-16(8-6-14)23-12-20-11-22-23/h2-9,11-13H,10H2,1H3,(H,21,24). The monoisotopic (exact) mass is 340 g/mol. The second-order valence-electron chi connectivity index (χ2n) is 5.44.